The number of ether oxygens (including phenoxy) is 1. The summed E-state index contributed by atoms with van der Waals surface area (Å²) in [4.78, 5) is 11.4. The highest BCUT2D eigenvalue weighted by atomic mass is 16.5. The highest BCUT2D eigenvalue weighted by Gasteiger charge is 2.25. The van der Waals surface area contributed by atoms with Crippen molar-refractivity contribution in [2.45, 2.75) is 39.2 Å². The number of nitrogens with one attached hydrogen (secondary N) is 1. The van der Waals surface area contributed by atoms with Gasteiger partial charge in [-0.2, -0.15) is 0 Å². The number of amides is 1. The summed E-state index contributed by atoms with van der Waals surface area (Å²) in [5.74, 6) is -0.0824. The first-order valence-corrected chi connectivity index (χ1v) is 5.23. The van der Waals surface area contributed by atoms with Crippen molar-refractivity contribution >= 4 is 5.91 Å². The van der Waals surface area contributed by atoms with Gasteiger partial charge in [0.25, 0.3) is 0 Å². The fourth-order valence-electron chi connectivity index (χ4n) is 1.29. The van der Waals surface area contributed by atoms with Crippen LogP contribution >= 0.6 is 0 Å². The zero-order chi connectivity index (χ0) is 11.0. The van der Waals surface area contributed by atoms with Crippen LogP contribution in [0.15, 0.2) is 0 Å². The highest BCUT2D eigenvalue weighted by Crippen LogP contribution is 2.12. The van der Waals surface area contributed by atoms with Crippen LogP contribution in [0, 0.1) is 0 Å². The molecule has 4 nitrogen and oxygen atoms in total. The van der Waals surface area contributed by atoms with Gasteiger partial charge in [0.05, 0.1) is 5.54 Å². The van der Waals surface area contributed by atoms with Crippen molar-refractivity contribution in [3.05, 3.63) is 0 Å². The van der Waals surface area contributed by atoms with Gasteiger partial charge in [0.15, 0.2) is 0 Å². The molecule has 0 aromatic rings. The molecule has 1 amide bonds. The molecule has 0 aromatic heterocycles. The first-order valence-electron chi connectivity index (χ1n) is 5.23. The molecule has 0 saturated carbocycles. The van der Waals surface area contributed by atoms with E-state index in [0.717, 1.165) is 12.8 Å². The lowest BCUT2D eigenvalue weighted by Gasteiger charge is -2.31. The Kier molecular flexibility index (Phi) is 6.49. The maximum atomic E-state index is 11.4. The van der Waals surface area contributed by atoms with Crippen LogP contribution in [0.2, 0.25) is 0 Å². The minimum Gasteiger partial charge on any atom is -0.372 e. The average Bonchev–Trinajstić information content (AvgIpc) is 2.23. The van der Waals surface area contributed by atoms with Gasteiger partial charge in [0.1, 0.15) is 6.61 Å². The lowest BCUT2D eigenvalue weighted by atomic mass is 9.93. The van der Waals surface area contributed by atoms with Gasteiger partial charge < -0.3 is 15.8 Å². The second-order valence-electron chi connectivity index (χ2n) is 3.38. The van der Waals surface area contributed by atoms with Gasteiger partial charge in [-0.15, -0.1) is 0 Å². The van der Waals surface area contributed by atoms with Crippen LogP contribution in [0.3, 0.4) is 0 Å². The molecule has 0 radical (unpaired) electrons. The summed E-state index contributed by atoms with van der Waals surface area (Å²) < 4.78 is 5.02. The zero-order valence-corrected chi connectivity index (χ0v) is 9.43. The predicted octanol–water partition coefficient (Wildman–Crippen LogP) is 0.657. The monoisotopic (exact) mass is 202 g/mol. The van der Waals surface area contributed by atoms with E-state index in [-0.39, 0.29) is 18.1 Å². The first kappa shape index (κ1) is 13.4. The summed E-state index contributed by atoms with van der Waals surface area (Å²) in [7, 11) is 0. The summed E-state index contributed by atoms with van der Waals surface area (Å²) in [5, 5.41) is 2.93. The van der Waals surface area contributed by atoms with E-state index in [1.165, 1.54) is 0 Å². The quantitative estimate of drug-likeness (QED) is 0.637. The Morgan fingerprint density at radius 2 is 1.93 bits per heavy atom. The Labute approximate surface area is 86.2 Å². The third kappa shape index (κ3) is 4.07. The van der Waals surface area contributed by atoms with Gasteiger partial charge in [-0.25, -0.2) is 0 Å². The second kappa shape index (κ2) is 6.79. The van der Waals surface area contributed by atoms with E-state index in [1.54, 1.807) is 0 Å². The molecule has 0 aliphatic carbocycles. The number of carbonyl (C=O) groups excluding carboxylic acids is 1. The predicted molar refractivity (Wildman–Crippen MR) is 57.0 cm³/mol. The summed E-state index contributed by atoms with van der Waals surface area (Å²) in [6.45, 7) is 7.06. The largest absolute Gasteiger partial charge is 0.372 e. The van der Waals surface area contributed by atoms with Crippen LogP contribution in [-0.2, 0) is 9.53 Å². The van der Waals surface area contributed by atoms with E-state index in [9.17, 15) is 4.79 Å². The summed E-state index contributed by atoms with van der Waals surface area (Å²) >= 11 is 0. The first-order chi connectivity index (χ1) is 6.64. The van der Waals surface area contributed by atoms with E-state index < -0.39 is 0 Å². The van der Waals surface area contributed by atoms with E-state index >= 15 is 0 Å². The molecule has 14 heavy (non-hydrogen) atoms. The third-order valence-corrected chi connectivity index (χ3v) is 2.59. The Balaban J connectivity index is 4.08. The molecule has 0 spiro atoms. The average molecular weight is 202 g/mol. The third-order valence-electron chi connectivity index (χ3n) is 2.59. The van der Waals surface area contributed by atoms with Crippen molar-refractivity contribution in [3.8, 4) is 0 Å². The van der Waals surface area contributed by atoms with Crippen molar-refractivity contribution in [2.24, 2.45) is 5.73 Å². The van der Waals surface area contributed by atoms with Crippen LogP contribution in [0.1, 0.15) is 33.6 Å². The minimum atomic E-state index is -0.256. The summed E-state index contributed by atoms with van der Waals surface area (Å²) in [6.07, 6.45) is 1.69. The second-order valence-corrected chi connectivity index (χ2v) is 3.38. The molecular weight excluding hydrogens is 180 g/mol. The molecule has 0 heterocycles. The smallest absolute Gasteiger partial charge is 0.246 e. The number of nitrogens with two attached hydrogens (primary N) is 1. The van der Waals surface area contributed by atoms with Crippen molar-refractivity contribution < 1.29 is 9.53 Å². The van der Waals surface area contributed by atoms with Crippen molar-refractivity contribution in [1.29, 1.82) is 0 Å². The van der Waals surface area contributed by atoms with Crippen LogP contribution in [-0.4, -0.2) is 31.2 Å². The van der Waals surface area contributed by atoms with Gasteiger partial charge in [-0.05, 0) is 19.8 Å². The van der Waals surface area contributed by atoms with E-state index in [1.807, 2.05) is 20.8 Å². The molecule has 0 rings (SSSR count). The number of hydrogen-bond acceptors (Lipinski definition) is 3. The maximum absolute atomic E-state index is 11.4. The molecule has 0 saturated heterocycles. The Hall–Kier alpha value is -0.610. The molecule has 4 heteroatoms. The maximum Gasteiger partial charge on any atom is 0.246 e. The molecular formula is C10H22N2O2. The Morgan fingerprint density at radius 1 is 1.36 bits per heavy atom. The number of carbonyl (C=O) groups is 1. The van der Waals surface area contributed by atoms with Gasteiger partial charge in [-0.1, -0.05) is 13.8 Å². The molecule has 0 aromatic carbocycles. The van der Waals surface area contributed by atoms with Gasteiger partial charge in [0, 0.05) is 13.2 Å². The molecule has 0 unspecified atom stereocenters. The van der Waals surface area contributed by atoms with Crippen molar-refractivity contribution in [2.75, 3.05) is 19.8 Å². The van der Waals surface area contributed by atoms with Crippen LogP contribution in [0.5, 0.6) is 0 Å². The lowest BCUT2D eigenvalue weighted by Crippen LogP contribution is -2.53. The molecule has 0 aliphatic heterocycles. The standard InChI is InChI=1S/C10H22N2O2/c1-4-10(5-2,8-11)12-9(13)7-14-6-3/h4-8,11H2,1-3H3,(H,12,13). The zero-order valence-electron chi connectivity index (χ0n) is 9.43. The fourth-order valence-corrected chi connectivity index (χ4v) is 1.29. The van der Waals surface area contributed by atoms with E-state index in [2.05, 4.69) is 5.32 Å². The highest BCUT2D eigenvalue weighted by molar-refractivity contribution is 5.78. The molecule has 0 aliphatic rings. The van der Waals surface area contributed by atoms with Crippen molar-refractivity contribution in [1.82, 2.24) is 5.32 Å². The molecule has 0 atom stereocenters. The molecule has 0 fully saturated rings. The van der Waals surface area contributed by atoms with Crippen LogP contribution in [0.4, 0.5) is 0 Å². The number of rotatable bonds is 7. The lowest BCUT2D eigenvalue weighted by molar-refractivity contribution is -0.127. The Morgan fingerprint density at radius 3 is 2.29 bits per heavy atom. The van der Waals surface area contributed by atoms with Gasteiger partial charge >= 0.3 is 0 Å². The normalized spacial score (nSPS) is 11.4. The Bertz CT molecular complexity index is 159. The molecule has 0 bridgehead atoms. The van der Waals surface area contributed by atoms with Crippen LogP contribution < -0.4 is 11.1 Å². The topological polar surface area (TPSA) is 64.3 Å². The SMILES string of the molecule is CCOCC(=O)NC(CC)(CC)CN. The molecule has 84 valence electrons. The van der Waals surface area contributed by atoms with Crippen molar-refractivity contribution in [3.63, 3.8) is 0 Å². The minimum absolute atomic E-state index is 0.0824. The number of hydrogen-bond donors (Lipinski definition) is 2. The van der Waals surface area contributed by atoms with Gasteiger partial charge in [-0.3, -0.25) is 4.79 Å². The fraction of sp³-hybridized carbons (Fsp3) is 0.900. The summed E-state index contributed by atoms with van der Waals surface area (Å²) in [5.41, 5.74) is 5.39. The van der Waals surface area contributed by atoms with E-state index in [4.69, 9.17) is 10.5 Å². The van der Waals surface area contributed by atoms with Crippen LogP contribution in [0.25, 0.3) is 0 Å². The summed E-state index contributed by atoms with van der Waals surface area (Å²) in [6, 6.07) is 0. The molecule has 3 N–H and O–H groups in total. The van der Waals surface area contributed by atoms with E-state index in [0.29, 0.717) is 13.2 Å². The van der Waals surface area contributed by atoms with Gasteiger partial charge in [0.2, 0.25) is 5.91 Å².